The maximum absolute atomic E-state index is 12.8. The number of ether oxygens (including phenoxy) is 1. The summed E-state index contributed by atoms with van der Waals surface area (Å²) >= 11 is 0. The monoisotopic (exact) mass is 457 g/mol. The number of esters is 1. The first-order valence-corrected chi connectivity index (χ1v) is 10.00. The Labute approximate surface area is 186 Å². The van der Waals surface area contributed by atoms with Gasteiger partial charge in [-0.15, -0.1) is 0 Å². The molecule has 1 rings (SSSR count). The van der Waals surface area contributed by atoms with E-state index in [4.69, 9.17) is 10.5 Å². The number of hydrogen-bond donors (Lipinski definition) is 2. The van der Waals surface area contributed by atoms with E-state index in [1.54, 1.807) is 0 Å². The Morgan fingerprint density at radius 1 is 1.19 bits per heavy atom. The lowest BCUT2D eigenvalue weighted by Gasteiger charge is -2.31. The van der Waals surface area contributed by atoms with Crippen LogP contribution in [-0.2, 0) is 33.5 Å². The number of rotatable bonds is 11. The molecule has 180 valence electrons. The maximum atomic E-state index is 12.8. The zero-order chi connectivity index (χ0) is 24.6. The van der Waals surface area contributed by atoms with E-state index in [-0.39, 0.29) is 6.54 Å². The number of nitrogens with zero attached hydrogens (tertiary/aromatic N) is 4. The number of aliphatic hydroxyl groups is 1. The van der Waals surface area contributed by atoms with Crippen LogP contribution in [0, 0.1) is 0 Å². The number of carbonyl (C=O) groups excluding carboxylic acids is 6. The lowest BCUT2D eigenvalue weighted by Crippen LogP contribution is -2.54. The SMILES string of the molecule is CC(O)C(=O)N1CCCC1C(=O)N(C)CC(=O)N(C)C(COC(=O)CN(C)C=O)C(N)=O. The Morgan fingerprint density at radius 2 is 1.81 bits per heavy atom. The minimum absolute atomic E-state index is 0.330. The van der Waals surface area contributed by atoms with Gasteiger partial charge in [0.15, 0.2) is 0 Å². The summed E-state index contributed by atoms with van der Waals surface area (Å²) < 4.78 is 4.92. The van der Waals surface area contributed by atoms with E-state index in [9.17, 15) is 33.9 Å². The molecule has 1 heterocycles. The summed E-state index contributed by atoms with van der Waals surface area (Å²) in [5.41, 5.74) is 5.32. The summed E-state index contributed by atoms with van der Waals surface area (Å²) in [6, 6.07) is -2.07. The van der Waals surface area contributed by atoms with E-state index in [1.807, 2.05) is 0 Å². The van der Waals surface area contributed by atoms with Crippen LogP contribution in [0.3, 0.4) is 0 Å². The molecule has 1 aliphatic heterocycles. The largest absolute Gasteiger partial charge is 0.462 e. The molecule has 1 saturated heterocycles. The minimum Gasteiger partial charge on any atom is -0.462 e. The highest BCUT2D eigenvalue weighted by atomic mass is 16.5. The molecule has 0 aliphatic carbocycles. The molecular weight excluding hydrogens is 426 g/mol. The third kappa shape index (κ3) is 7.18. The Kier molecular flexibility index (Phi) is 10.0. The number of primary amides is 1. The van der Waals surface area contributed by atoms with Crippen molar-refractivity contribution < 1.29 is 38.6 Å². The molecule has 3 atom stereocenters. The summed E-state index contributed by atoms with van der Waals surface area (Å²) in [4.78, 5) is 75.9. The third-order valence-corrected chi connectivity index (χ3v) is 5.08. The van der Waals surface area contributed by atoms with Crippen molar-refractivity contribution >= 4 is 36.0 Å². The van der Waals surface area contributed by atoms with Crippen LogP contribution in [0.1, 0.15) is 19.8 Å². The number of amides is 5. The lowest BCUT2D eigenvalue weighted by molar-refractivity contribution is -0.153. The first-order chi connectivity index (χ1) is 14.9. The van der Waals surface area contributed by atoms with E-state index in [1.165, 1.54) is 33.0 Å². The van der Waals surface area contributed by atoms with Crippen LogP contribution in [0.2, 0.25) is 0 Å². The molecule has 1 aliphatic rings. The Balaban J connectivity index is 2.73. The molecular formula is C19H31N5O8. The lowest BCUT2D eigenvalue weighted by atomic mass is 10.2. The predicted octanol–water partition coefficient (Wildman–Crippen LogP) is -3.24. The van der Waals surface area contributed by atoms with Gasteiger partial charge in [0, 0.05) is 27.7 Å². The number of hydrogen-bond acceptors (Lipinski definition) is 8. The summed E-state index contributed by atoms with van der Waals surface area (Å²) in [5, 5.41) is 9.53. The second-order valence-electron chi connectivity index (χ2n) is 7.69. The van der Waals surface area contributed by atoms with E-state index in [2.05, 4.69) is 0 Å². The number of likely N-dealkylation sites (N-methyl/N-ethyl adjacent to an activating group) is 3. The van der Waals surface area contributed by atoms with E-state index >= 15 is 0 Å². The van der Waals surface area contributed by atoms with Gasteiger partial charge < -0.3 is 35.2 Å². The summed E-state index contributed by atoms with van der Waals surface area (Å²) in [5.74, 6) is -3.39. The van der Waals surface area contributed by atoms with Gasteiger partial charge in [-0.25, -0.2) is 0 Å². The van der Waals surface area contributed by atoms with Crippen molar-refractivity contribution in [2.24, 2.45) is 5.73 Å². The number of carbonyl (C=O) groups is 6. The predicted molar refractivity (Wildman–Crippen MR) is 109 cm³/mol. The molecule has 0 spiro atoms. The highest BCUT2D eigenvalue weighted by Crippen LogP contribution is 2.20. The Hall–Kier alpha value is -3.22. The fourth-order valence-corrected chi connectivity index (χ4v) is 3.19. The van der Waals surface area contributed by atoms with Crippen molar-refractivity contribution in [2.75, 3.05) is 47.4 Å². The summed E-state index contributed by atoms with van der Waals surface area (Å²) in [6.45, 7) is 0.384. The van der Waals surface area contributed by atoms with Crippen LogP contribution < -0.4 is 5.73 Å². The van der Waals surface area contributed by atoms with E-state index in [0.717, 1.165) is 14.7 Å². The van der Waals surface area contributed by atoms with Crippen molar-refractivity contribution in [3.8, 4) is 0 Å². The molecule has 13 heteroatoms. The van der Waals surface area contributed by atoms with Crippen LogP contribution in [-0.4, -0.2) is 126 Å². The minimum atomic E-state index is -1.28. The van der Waals surface area contributed by atoms with Gasteiger partial charge in [0.2, 0.25) is 24.1 Å². The average Bonchev–Trinajstić information content (AvgIpc) is 3.21. The second kappa shape index (κ2) is 12.0. The fourth-order valence-electron chi connectivity index (χ4n) is 3.19. The average molecular weight is 457 g/mol. The topological polar surface area (TPSA) is 171 Å². The zero-order valence-corrected chi connectivity index (χ0v) is 18.7. The first-order valence-electron chi connectivity index (χ1n) is 10.00. The normalized spacial score (nSPS) is 17.2. The van der Waals surface area contributed by atoms with Gasteiger partial charge in [-0.3, -0.25) is 28.8 Å². The van der Waals surface area contributed by atoms with Crippen molar-refractivity contribution in [1.29, 1.82) is 0 Å². The van der Waals surface area contributed by atoms with Gasteiger partial charge in [-0.05, 0) is 19.8 Å². The van der Waals surface area contributed by atoms with Crippen molar-refractivity contribution in [2.45, 2.75) is 38.0 Å². The van der Waals surface area contributed by atoms with Crippen LogP contribution in [0.25, 0.3) is 0 Å². The molecule has 1 fully saturated rings. The quantitative estimate of drug-likeness (QED) is 0.241. The van der Waals surface area contributed by atoms with E-state index in [0.29, 0.717) is 25.8 Å². The molecule has 3 N–H and O–H groups in total. The summed E-state index contributed by atoms with van der Waals surface area (Å²) in [7, 11) is 4.02. The molecule has 13 nitrogen and oxygen atoms in total. The Morgan fingerprint density at radius 3 is 2.34 bits per heavy atom. The molecule has 0 bridgehead atoms. The summed E-state index contributed by atoms with van der Waals surface area (Å²) in [6.07, 6.45) is 0.174. The molecule has 0 aromatic heterocycles. The van der Waals surface area contributed by atoms with Gasteiger partial charge in [-0.2, -0.15) is 0 Å². The van der Waals surface area contributed by atoms with E-state index < -0.39 is 60.9 Å². The molecule has 0 radical (unpaired) electrons. The van der Waals surface area contributed by atoms with Crippen LogP contribution in [0.4, 0.5) is 0 Å². The highest BCUT2D eigenvalue weighted by molar-refractivity contribution is 5.93. The maximum Gasteiger partial charge on any atom is 0.325 e. The highest BCUT2D eigenvalue weighted by Gasteiger charge is 2.38. The van der Waals surface area contributed by atoms with Gasteiger partial charge in [0.1, 0.15) is 31.3 Å². The number of likely N-dealkylation sites (tertiary alicyclic amines) is 1. The smallest absolute Gasteiger partial charge is 0.325 e. The number of nitrogens with two attached hydrogens (primary N) is 1. The Bertz CT molecular complexity index is 743. The van der Waals surface area contributed by atoms with Gasteiger partial charge in [-0.1, -0.05) is 0 Å². The number of aliphatic hydroxyl groups excluding tert-OH is 1. The second-order valence-corrected chi connectivity index (χ2v) is 7.69. The van der Waals surface area contributed by atoms with Crippen LogP contribution in [0.15, 0.2) is 0 Å². The van der Waals surface area contributed by atoms with Crippen LogP contribution >= 0.6 is 0 Å². The molecule has 3 unspecified atom stereocenters. The first kappa shape index (κ1) is 26.8. The fraction of sp³-hybridized carbons (Fsp3) is 0.684. The molecule has 0 aromatic carbocycles. The molecule has 32 heavy (non-hydrogen) atoms. The van der Waals surface area contributed by atoms with Gasteiger partial charge in [0.25, 0.3) is 5.91 Å². The molecule has 5 amide bonds. The van der Waals surface area contributed by atoms with Crippen LogP contribution in [0.5, 0.6) is 0 Å². The van der Waals surface area contributed by atoms with Gasteiger partial charge in [0.05, 0.1) is 6.54 Å². The standard InChI is InChI=1S/C19H31N5O8/c1-12(26)18(30)24-7-5-6-13(24)19(31)22(3)8-15(27)23(4)14(17(20)29)10-32-16(28)9-21(2)11-25/h11-14,26H,5-10H2,1-4H3,(H2,20,29). The van der Waals surface area contributed by atoms with Crippen molar-refractivity contribution in [3.63, 3.8) is 0 Å². The molecule has 0 saturated carbocycles. The van der Waals surface area contributed by atoms with Gasteiger partial charge >= 0.3 is 5.97 Å². The molecule has 0 aromatic rings. The third-order valence-electron chi connectivity index (χ3n) is 5.08. The van der Waals surface area contributed by atoms with Crippen molar-refractivity contribution in [1.82, 2.24) is 19.6 Å². The van der Waals surface area contributed by atoms with Crippen molar-refractivity contribution in [3.05, 3.63) is 0 Å². The zero-order valence-electron chi connectivity index (χ0n) is 18.7.